The van der Waals surface area contributed by atoms with Gasteiger partial charge in [-0.2, -0.15) is 8.42 Å². The van der Waals surface area contributed by atoms with Gasteiger partial charge in [-0.15, -0.1) is 0 Å². The van der Waals surface area contributed by atoms with E-state index in [1.165, 1.54) is 0 Å². The van der Waals surface area contributed by atoms with Crippen LogP contribution in [0.3, 0.4) is 0 Å². The van der Waals surface area contributed by atoms with E-state index in [4.69, 9.17) is 10.5 Å². The van der Waals surface area contributed by atoms with Crippen LogP contribution in [0.4, 0.5) is 4.79 Å². The molecular formula is C9H20N2O5S. The number of ether oxygens (including phenoxy) is 1. The lowest BCUT2D eigenvalue weighted by molar-refractivity contribution is 0.0504. The summed E-state index contributed by atoms with van der Waals surface area (Å²) in [6.45, 7) is 5.11. The first-order valence-corrected chi connectivity index (χ1v) is 6.90. The van der Waals surface area contributed by atoms with Crippen molar-refractivity contribution < 1.29 is 22.1 Å². The summed E-state index contributed by atoms with van der Waals surface area (Å²) in [5, 5.41) is 2.38. The second-order valence-corrected chi connectivity index (χ2v) is 6.14. The minimum atomic E-state index is -3.59. The van der Waals surface area contributed by atoms with E-state index in [0.717, 1.165) is 6.26 Å². The molecule has 1 unspecified atom stereocenters. The summed E-state index contributed by atoms with van der Waals surface area (Å²) in [5.41, 5.74) is 4.70. The van der Waals surface area contributed by atoms with Gasteiger partial charge < -0.3 is 15.8 Å². The molecule has 7 nitrogen and oxygen atoms in total. The molecule has 0 heterocycles. The molecular weight excluding hydrogens is 248 g/mol. The third-order valence-corrected chi connectivity index (χ3v) is 2.07. The van der Waals surface area contributed by atoms with E-state index < -0.39 is 27.9 Å². The highest BCUT2D eigenvalue weighted by atomic mass is 32.2. The van der Waals surface area contributed by atoms with Crippen molar-refractivity contribution in [2.24, 2.45) is 5.73 Å². The maximum absolute atomic E-state index is 11.3. The molecule has 0 aromatic heterocycles. The van der Waals surface area contributed by atoms with Gasteiger partial charge in [0.25, 0.3) is 10.1 Å². The van der Waals surface area contributed by atoms with Gasteiger partial charge in [0.2, 0.25) is 0 Å². The van der Waals surface area contributed by atoms with E-state index in [9.17, 15) is 13.2 Å². The number of carbonyl (C=O) groups is 1. The summed E-state index contributed by atoms with van der Waals surface area (Å²) < 4.78 is 31.3. The van der Waals surface area contributed by atoms with Crippen LogP contribution in [0.1, 0.15) is 20.8 Å². The zero-order valence-electron chi connectivity index (χ0n) is 10.5. The molecule has 8 heteroatoms. The monoisotopic (exact) mass is 268 g/mol. The van der Waals surface area contributed by atoms with Gasteiger partial charge in [-0.1, -0.05) is 0 Å². The Hall–Kier alpha value is -0.860. The molecule has 1 atom stereocenters. The number of amides is 1. The van der Waals surface area contributed by atoms with Gasteiger partial charge in [-0.25, -0.2) is 4.79 Å². The predicted molar refractivity (Wildman–Crippen MR) is 63.0 cm³/mol. The Bertz CT molecular complexity index is 347. The normalized spacial score (nSPS) is 14.2. The predicted octanol–water partition coefficient (Wildman–Crippen LogP) is -0.185. The first-order chi connectivity index (χ1) is 7.53. The number of nitrogens with two attached hydrogens (primary N) is 1. The van der Waals surface area contributed by atoms with E-state index >= 15 is 0 Å². The summed E-state index contributed by atoms with van der Waals surface area (Å²) in [6.07, 6.45) is -0.520. The first kappa shape index (κ1) is 16.1. The van der Waals surface area contributed by atoms with Crippen molar-refractivity contribution in [3.05, 3.63) is 0 Å². The smallest absolute Gasteiger partial charge is 0.407 e. The van der Waals surface area contributed by atoms with Gasteiger partial charge in [-0.05, 0) is 20.8 Å². The summed E-state index contributed by atoms with van der Waals surface area (Å²) in [4.78, 5) is 11.3. The maximum Gasteiger partial charge on any atom is 0.407 e. The molecule has 0 aliphatic rings. The first-order valence-electron chi connectivity index (χ1n) is 5.08. The van der Waals surface area contributed by atoms with E-state index in [2.05, 4.69) is 9.50 Å². The highest BCUT2D eigenvalue weighted by Gasteiger charge is 2.19. The topological polar surface area (TPSA) is 108 Å². The highest BCUT2D eigenvalue weighted by Crippen LogP contribution is 2.06. The molecule has 0 spiro atoms. The van der Waals surface area contributed by atoms with Crippen molar-refractivity contribution in [3.63, 3.8) is 0 Å². The second kappa shape index (κ2) is 6.18. The number of hydrogen-bond acceptors (Lipinski definition) is 6. The fourth-order valence-corrected chi connectivity index (χ4v) is 1.56. The lowest BCUT2D eigenvalue weighted by atomic mass is 10.2. The van der Waals surface area contributed by atoms with Crippen LogP contribution in [-0.2, 0) is 19.0 Å². The quantitative estimate of drug-likeness (QED) is 0.669. The van der Waals surface area contributed by atoms with Crippen LogP contribution in [0.2, 0.25) is 0 Å². The summed E-state index contributed by atoms with van der Waals surface area (Å²) in [7, 11) is -3.59. The minimum Gasteiger partial charge on any atom is -0.444 e. The number of carbonyl (C=O) groups excluding carboxylic acids is 1. The summed E-state index contributed by atoms with van der Waals surface area (Å²) in [5.74, 6) is 0. The van der Waals surface area contributed by atoms with Crippen molar-refractivity contribution >= 4 is 16.2 Å². The van der Waals surface area contributed by atoms with E-state index in [0.29, 0.717) is 0 Å². The van der Waals surface area contributed by atoms with Crippen molar-refractivity contribution in [1.82, 2.24) is 5.32 Å². The molecule has 17 heavy (non-hydrogen) atoms. The fourth-order valence-electron chi connectivity index (χ4n) is 0.915. The van der Waals surface area contributed by atoms with Crippen LogP contribution in [0.5, 0.6) is 0 Å². The molecule has 0 aromatic carbocycles. The number of hydrogen-bond donors (Lipinski definition) is 2. The summed E-state index contributed by atoms with van der Waals surface area (Å²) >= 11 is 0. The Morgan fingerprint density at radius 2 is 1.94 bits per heavy atom. The molecule has 0 bridgehead atoms. The molecule has 0 aliphatic heterocycles. The average molecular weight is 268 g/mol. The molecule has 0 aromatic rings. The van der Waals surface area contributed by atoms with Crippen LogP contribution in [-0.4, -0.2) is 45.6 Å². The number of rotatable bonds is 5. The van der Waals surface area contributed by atoms with Crippen LogP contribution in [0.25, 0.3) is 0 Å². The van der Waals surface area contributed by atoms with Crippen molar-refractivity contribution in [3.8, 4) is 0 Å². The van der Waals surface area contributed by atoms with Gasteiger partial charge >= 0.3 is 6.09 Å². The van der Waals surface area contributed by atoms with E-state index in [-0.39, 0.29) is 13.1 Å². The minimum absolute atomic E-state index is 0.0249. The van der Waals surface area contributed by atoms with Crippen LogP contribution >= 0.6 is 0 Å². The number of alkyl carbamates (subject to hydrolysis) is 1. The SMILES string of the molecule is CC(C)(C)OC(=O)NCC(CN)OS(C)(=O)=O. The zero-order valence-corrected chi connectivity index (χ0v) is 11.3. The van der Waals surface area contributed by atoms with Gasteiger partial charge in [0.15, 0.2) is 0 Å². The Morgan fingerprint density at radius 3 is 2.29 bits per heavy atom. The Morgan fingerprint density at radius 1 is 1.41 bits per heavy atom. The largest absolute Gasteiger partial charge is 0.444 e. The lowest BCUT2D eigenvalue weighted by Gasteiger charge is -2.21. The highest BCUT2D eigenvalue weighted by molar-refractivity contribution is 7.86. The molecule has 0 fully saturated rings. The molecule has 0 radical (unpaired) electrons. The third kappa shape index (κ3) is 10.0. The molecule has 0 saturated heterocycles. The van der Waals surface area contributed by atoms with E-state index in [1.807, 2.05) is 0 Å². The van der Waals surface area contributed by atoms with Crippen LogP contribution in [0, 0.1) is 0 Å². The van der Waals surface area contributed by atoms with Crippen molar-refractivity contribution in [2.45, 2.75) is 32.5 Å². The van der Waals surface area contributed by atoms with Crippen molar-refractivity contribution in [2.75, 3.05) is 19.3 Å². The molecule has 0 aliphatic carbocycles. The van der Waals surface area contributed by atoms with E-state index in [1.54, 1.807) is 20.8 Å². The molecule has 3 N–H and O–H groups in total. The fraction of sp³-hybridized carbons (Fsp3) is 0.889. The van der Waals surface area contributed by atoms with Gasteiger partial charge in [0.1, 0.15) is 11.7 Å². The molecule has 1 amide bonds. The Labute approximate surface area is 102 Å². The molecule has 102 valence electrons. The number of nitrogens with one attached hydrogen (secondary N) is 1. The van der Waals surface area contributed by atoms with Gasteiger partial charge in [0.05, 0.1) is 6.26 Å². The van der Waals surface area contributed by atoms with Crippen LogP contribution in [0.15, 0.2) is 0 Å². The van der Waals surface area contributed by atoms with Gasteiger partial charge in [-0.3, -0.25) is 4.18 Å². The molecule has 0 rings (SSSR count). The standard InChI is InChI=1S/C9H20N2O5S/c1-9(2,3)15-8(12)11-6-7(5-10)16-17(4,13)14/h7H,5-6,10H2,1-4H3,(H,11,12). The lowest BCUT2D eigenvalue weighted by Crippen LogP contribution is -2.41. The Balaban J connectivity index is 4.12. The summed E-state index contributed by atoms with van der Waals surface area (Å²) in [6, 6.07) is 0. The maximum atomic E-state index is 11.3. The third-order valence-electron chi connectivity index (χ3n) is 1.45. The van der Waals surface area contributed by atoms with Crippen molar-refractivity contribution in [1.29, 1.82) is 0 Å². The van der Waals surface area contributed by atoms with Crippen LogP contribution < -0.4 is 11.1 Å². The zero-order chi connectivity index (χ0) is 13.7. The molecule has 0 saturated carbocycles. The second-order valence-electron chi connectivity index (χ2n) is 4.54. The van der Waals surface area contributed by atoms with Gasteiger partial charge in [0, 0.05) is 13.1 Å². The average Bonchev–Trinajstić information content (AvgIpc) is 2.07. The Kier molecular flexibility index (Phi) is 5.86.